The first-order valence-corrected chi connectivity index (χ1v) is 6.95. The number of hydrogen-bond acceptors (Lipinski definition) is 5. The van der Waals surface area contributed by atoms with Crippen LogP contribution in [-0.4, -0.2) is 28.9 Å². The molecule has 0 fully saturated rings. The second-order valence-electron chi connectivity index (χ2n) is 4.54. The van der Waals surface area contributed by atoms with E-state index in [9.17, 15) is 9.59 Å². The third-order valence-corrected chi connectivity index (χ3v) is 3.07. The lowest BCUT2D eigenvalue weighted by Crippen LogP contribution is -2.41. The Balaban J connectivity index is 3.07. The summed E-state index contributed by atoms with van der Waals surface area (Å²) in [6.07, 6.45) is 1.78. The molecular weight excluding hydrogens is 260 g/mol. The van der Waals surface area contributed by atoms with Crippen molar-refractivity contribution in [3.05, 3.63) is 20.8 Å². The number of rotatable bonds is 8. The van der Waals surface area contributed by atoms with Gasteiger partial charge in [-0.1, -0.05) is 13.3 Å². The Morgan fingerprint density at radius 3 is 2.60 bits per heavy atom. The zero-order valence-corrected chi connectivity index (χ0v) is 12.4. The van der Waals surface area contributed by atoms with Crippen LogP contribution in [0.5, 0.6) is 0 Å². The van der Waals surface area contributed by atoms with E-state index in [0.29, 0.717) is 26.3 Å². The van der Waals surface area contributed by atoms with Crippen LogP contribution in [0.2, 0.25) is 0 Å². The van der Waals surface area contributed by atoms with E-state index in [0.717, 1.165) is 17.4 Å². The molecule has 3 N–H and O–H groups in total. The maximum Gasteiger partial charge on any atom is 0.332 e. The molecule has 0 aliphatic heterocycles. The van der Waals surface area contributed by atoms with Crippen molar-refractivity contribution in [2.24, 2.45) is 7.05 Å². The number of anilines is 2. The van der Waals surface area contributed by atoms with E-state index in [2.05, 4.69) is 5.32 Å². The molecule has 0 saturated heterocycles. The number of nitrogen functional groups attached to an aromatic ring is 1. The smallest absolute Gasteiger partial charge is 0.332 e. The monoisotopic (exact) mass is 284 g/mol. The highest BCUT2D eigenvalue weighted by atomic mass is 16.5. The average molecular weight is 284 g/mol. The predicted molar refractivity (Wildman–Crippen MR) is 80.2 cm³/mol. The Labute approximate surface area is 118 Å². The van der Waals surface area contributed by atoms with E-state index in [1.807, 2.05) is 13.8 Å². The van der Waals surface area contributed by atoms with Gasteiger partial charge in [-0.05, 0) is 13.3 Å². The number of aromatic nitrogens is 2. The van der Waals surface area contributed by atoms with Crippen LogP contribution in [0, 0.1) is 0 Å². The molecule has 0 bridgehead atoms. The minimum absolute atomic E-state index is 0.197. The summed E-state index contributed by atoms with van der Waals surface area (Å²) in [5, 5.41) is 2.96. The fourth-order valence-corrected chi connectivity index (χ4v) is 1.87. The van der Waals surface area contributed by atoms with Gasteiger partial charge in [0.05, 0.1) is 6.61 Å². The van der Waals surface area contributed by atoms with E-state index in [4.69, 9.17) is 10.5 Å². The minimum Gasteiger partial charge on any atom is -0.383 e. The van der Waals surface area contributed by atoms with Crippen molar-refractivity contribution in [1.82, 2.24) is 9.13 Å². The minimum atomic E-state index is -0.406. The van der Waals surface area contributed by atoms with Gasteiger partial charge >= 0.3 is 5.69 Å². The van der Waals surface area contributed by atoms with Gasteiger partial charge in [0.25, 0.3) is 5.56 Å². The van der Waals surface area contributed by atoms with Gasteiger partial charge in [0.15, 0.2) is 0 Å². The highest BCUT2D eigenvalue weighted by molar-refractivity contribution is 5.60. The Bertz CT molecular complexity index is 548. The zero-order valence-electron chi connectivity index (χ0n) is 12.4. The molecule has 0 aliphatic rings. The molecule has 7 nitrogen and oxygen atoms in total. The van der Waals surface area contributed by atoms with Crippen LogP contribution in [0.15, 0.2) is 9.59 Å². The second kappa shape index (κ2) is 7.74. The first-order chi connectivity index (χ1) is 9.54. The third-order valence-electron chi connectivity index (χ3n) is 3.07. The Morgan fingerprint density at radius 1 is 1.30 bits per heavy atom. The van der Waals surface area contributed by atoms with Gasteiger partial charge in [0, 0.05) is 26.7 Å². The van der Waals surface area contributed by atoms with Crippen molar-refractivity contribution in [2.45, 2.75) is 33.2 Å². The Kier molecular flexibility index (Phi) is 6.30. The van der Waals surface area contributed by atoms with Crippen LogP contribution in [0.3, 0.4) is 0 Å². The number of nitrogens with zero attached hydrogens (tertiary/aromatic N) is 2. The van der Waals surface area contributed by atoms with Crippen molar-refractivity contribution >= 4 is 11.5 Å². The highest BCUT2D eigenvalue weighted by Crippen LogP contribution is 2.11. The zero-order chi connectivity index (χ0) is 15.1. The molecule has 0 aromatic carbocycles. The van der Waals surface area contributed by atoms with Gasteiger partial charge in [-0.2, -0.15) is 0 Å². The lowest BCUT2D eigenvalue weighted by atomic mass is 10.3. The number of nitrogens with one attached hydrogen (secondary N) is 1. The number of unbranched alkanes of at least 4 members (excludes halogenated alkanes) is 1. The molecule has 1 aromatic heterocycles. The fraction of sp³-hybridized carbons (Fsp3) is 0.692. The number of hydrogen-bond donors (Lipinski definition) is 2. The van der Waals surface area contributed by atoms with Gasteiger partial charge in [0.1, 0.15) is 11.5 Å². The highest BCUT2D eigenvalue weighted by Gasteiger charge is 2.14. The van der Waals surface area contributed by atoms with E-state index in [1.165, 1.54) is 11.6 Å². The van der Waals surface area contributed by atoms with Crippen LogP contribution in [0.4, 0.5) is 11.5 Å². The molecule has 0 saturated carbocycles. The summed E-state index contributed by atoms with van der Waals surface area (Å²) in [5.41, 5.74) is 5.44. The van der Waals surface area contributed by atoms with E-state index < -0.39 is 5.56 Å². The number of nitrogens with two attached hydrogens (primary N) is 1. The summed E-state index contributed by atoms with van der Waals surface area (Å²) in [6.45, 7) is 6.01. The van der Waals surface area contributed by atoms with Crippen molar-refractivity contribution in [2.75, 3.05) is 30.8 Å². The van der Waals surface area contributed by atoms with E-state index in [-0.39, 0.29) is 17.2 Å². The normalized spacial score (nSPS) is 10.8. The van der Waals surface area contributed by atoms with Gasteiger partial charge in [-0.15, -0.1) is 0 Å². The van der Waals surface area contributed by atoms with Crippen molar-refractivity contribution in [3.63, 3.8) is 0 Å². The van der Waals surface area contributed by atoms with Gasteiger partial charge in [-0.3, -0.25) is 13.9 Å². The van der Waals surface area contributed by atoms with Crippen LogP contribution in [0.25, 0.3) is 0 Å². The van der Waals surface area contributed by atoms with Gasteiger partial charge < -0.3 is 15.8 Å². The van der Waals surface area contributed by atoms with Crippen LogP contribution in [0.1, 0.15) is 26.7 Å². The van der Waals surface area contributed by atoms with Crippen molar-refractivity contribution in [3.8, 4) is 0 Å². The average Bonchev–Trinajstić information content (AvgIpc) is 2.44. The Hall–Kier alpha value is -1.76. The molecule has 0 spiro atoms. The molecule has 0 radical (unpaired) electrons. The third kappa shape index (κ3) is 3.63. The molecule has 0 atom stereocenters. The van der Waals surface area contributed by atoms with E-state index >= 15 is 0 Å². The maximum absolute atomic E-state index is 12.1. The van der Waals surface area contributed by atoms with E-state index in [1.54, 1.807) is 0 Å². The van der Waals surface area contributed by atoms with Crippen LogP contribution >= 0.6 is 0 Å². The summed E-state index contributed by atoms with van der Waals surface area (Å²) in [7, 11) is 1.46. The summed E-state index contributed by atoms with van der Waals surface area (Å²) in [5.74, 6) is 0.197. The topological polar surface area (TPSA) is 91.3 Å². The standard InChI is InChI=1S/C13H24N4O3/c1-4-6-8-17-11(14)10(15-7-9-20-5-2)12(18)16(3)13(17)19/h15H,4-9,14H2,1-3H3. The second-order valence-corrected chi connectivity index (χ2v) is 4.54. The van der Waals surface area contributed by atoms with Gasteiger partial charge in [0.2, 0.25) is 0 Å². The molecule has 0 amide bonds. The molecule has 1 aromatic rings. The summed E-state index contributed by atoms with van der Waals surface area (Å²) in [4.78, 5) is 24.1. The molecule has 7 heteroatoms. The lowest BCUT2D eigenvalue weighted by molar-refractivity contribution is 0.158. The molecule has 1 rings (SSSR count). The van der Waals surface area contributed by atoms with Gasteiger partial charge in [-0.25, -0.2) is 4.79 Å². The molecular formula is C13H24N4O3. The molecule has 0 unspecified atom stereocenters. The van der Waals surface area contributed by atoms with Crippen molar-refractivity contribution < 1.29 is 4.74 Å². The quantitative estimate of drug-likeness (QED) is 0.673. The first kappa shape index (κ1) is 16.3. The Morgan fingerprint density at radius 2 is 2.00 bits per heavy atom. The van der Waals surface area contributed by atoms with Crippen molar-refractivity contribution in [1.29, 1.82) is 0 Å². The molecule has 0 aliphatic carbocycles. The molecule has 20 heavy (non-hydrogen) atoms. The summed E-state index contributed by atoms with van der Waals surface area (Å²) in [6, 6.07) is 0. The largest absolute Gasteiger partial charge is 0.383 e. The lowest BCUT2D eigenvalue weighted by Gasteiger charge is -2.15. The summed E-state index contributed by atoms with van der Waals surface area (Å²) < 4.78 is 7.72. The maximum atomic E-state index is 12.1. The number of ether oxygens (including phenoxy) is 1. The predicted octanol–water partition coefficient (Wildman–Crippen LogP) is 0.378. The SMILES string of the molecule is CCCCn1c(N)c(NCCOCC)c(=O)n(C)c1=O. The fourth-order valence-electron chi connectivity index (χ4n) is 1.87. The molecule has 1 heterocycles. The van der Waals surface area contributed by atoms with Crippen LogP contribution in [-0.2, 0) is 18.3 Å². The molecule has 114 valence electrons. The van der Waals surface area contributed by atoms with Crippen LogP contribution < -0.4 is 22.3 Å². The summed E-state index contributed by atoms with van der Waals surface area (Å²) >= 11 is 0. The first-order valence-electron chi connectivity index (χ1n) is 6.95.